The van der Waals surface area contributed by atoms with Gasteiger partial charge in [0.05, 0.1) is 5.92 Å². The topological polar surface area (TPSA) is 32.3 Å². The van der Waals surface area contributed by atoms with E-state index in [0.29, 0.717) is 17.9 Å². The molecule has 1 saturated heterocycles. The van der Waals surface area contributed by atoms with E-state index in [1.807, 2.05) is 11.9 Å². The molecule has 0 bridgehead atoms. The molecule has 0 spiro atoms. The third-order valence-electron chi connectivity index (χ3n) is 3.43. The molecule has 3 heteroatoms. The zero-order valence-electron chi connectivity index (χ0n) is 9.71. The van der Waals surface area contributed by atoms with Gasteiger partial charge in [0.2, 0.25) is 5.91 Å². The second-order valence-electron chi connectivity index (χ2n) is 4.45. The van der Waals surface area contributed by atoms with Gasteiger partial charge in [0.1, 0.15) is 0 Å². The average Bonchev–Trinajstić information content (AvgIpc) is 2.61. The molecule has 1 rings (SSSR count). The Hall–Kier alpha value is -0.570. The van der Waals surface area contributed by atoms with Gasteiger partial charge in [-0.15, -0.1) is 0 Å². The van der Waals surface area contributed by atoms with Crippen LogP contribution >= 0.6 is 0 Å². The van der Waals surface area contributed by atoms with Crippen molar-refractivity contribution in [3.63, 3.8) is 0 Å². The summed E-state index contributed by atoms with van der Waals surface area (Å²) >= 11 is 0. The molecule has 1 aliphatic rings. The van der Waals surface area contributed by atoms with E-state index in [1.54, 1.807) is 0 Å². The van der Waals surface area contributed by atoms with E-state index < -0.39 is 0 Å². The number of hydrogen-bond donors (Lipinski definition) is 1. The maximum atomic E-state index is 12.0. The van der Waals surface area contributed by atoms with Crippen LogP contribution in [0.1, 0.15) is 27.2 Å². The molecule has 0 radical (unpaired) electrons. The first-order valence-corrected chi connectivity index (χ1v) is 5.55. The molecule has 1 fully saturated rings. The van der Waals surface area contributed by atoms with Gasteiger partial charge in [-0.3, -0.25) is 4.79 Å². The molecule has 0 saturated carbocycles. The molecule has 3 nitrogen and oxygen atoms in total. The van der Waals surface area contributed by atoms with E-state index >= 15 is 0 Å². The van der Waals surface area contributed by atoms with Gasteiger partial charge in [0.15, 0.2) is 0 Å². The first kappa shape index (κ1) is 11.5. The average molecular weight is 198 g/mol. The van der Waals surface area contributed by atoms with Gasteiger partial charge in [0.25, 0.3) is 0 Å². The second-order valence-corrected chi connectivity index (χ2v) is 4.45. The Balaban J connectivity index is 2.55. The number of hydrogen-bond acceptors (Lipinski definition) is 2. The van der Waals surface area contributed by atoms with E-state index in [1.165, 1.54) is 0 Å². The molecular weight excluding hydrogens is 176 g/mol. The van der Waals surface area contributed by atoms with Gasteiger partial charge in [-0.25, -0.2) is 0 Å². The molecule has 0 aromatic carbocycles. The van der Waals surface area contributed by atoms with Gasteiger partial charge >= 0.3 is 0 Å². The lowest BCUT2D eigenvalue weighted by Crippen LogP contribution is -2.41. The lowest BCUT2D eigenvalue weighted by atomic mass is 9.96. The van der Waals surface area contributed by atoms with Crippen LogP contribution in [0.4, 0.5) is 0 Å². The Morgan fingerprint density at radius 2 is 2.21 bits per heavy atom. The van der Waals surface area contributed by atoms with Crippen LogP contribution in [0.3, 0.4) is 0 Å². The largest absolute Gasteiger partial charge is 0.343 e. The summed E-state index contributed by atoms with van der Waals surface area (Å²) in [6.45, 7) is 8.19. The van der Waals surface area contributed by atoms with Crippen LogP contribution in [0.2, 0.25) is 0 Å². The highest BCUT2D eigenvalue weighted by atomic mass is 16.2. The summed E-state index contributed by atoms with van der Waals surface area (Å²) in [5.41, 5.74) is 0. The quantitative estimate of drug-likeness (QED) is 0.736. The van der Waals surface area contributed by atoms with E-state index in [4.69, 9.17) is 0 Å². The molecule has 0 aromatic heterocycles. The van der Waals surface area contributed by atoms with Gasteiger partial charge in [-0.05, 0) is 25.8 Å². The third-order valence-corrected chi connectivity index (χ3v) is 3.43. The SMILES string of the molecule is CCC(C)N(C)C(=O)C1CNCC1C. The first-order valence-electron chi connectivity index (χ1n) is 5.55. The van der Waals surface area contributed by atoms with Gasteiger partial charge in [-0.2, -0.15) is 0 Å². The molecule has 0 aromatic rings. The van der Waals surface area contributed by atoms with Crippen LogP contribution < -0.4 is 5.32 Å². The van der Waals surface area contributed by atoms with Crippen molar-refractivity contribution in [2.75, 3.05) is 20.1 Å². The maximum absolute atomic E-state index is 12.0. The lowest BCUT2D eigenvalue weighted by molar-refractivity contribution is -0.136. The van der Waals surface area contributed by atoms with Crippen molar-refractivity contribution in [3.8, 4) is 0 Å². The number of nitrogens with one attached hydrogen (secondary N) is 1. The fourth-order valence-electron chi connectivity index (χ4n) is 1.89. The molecule has 1 heterocycles. The number of carbonyl (C=O) groups excluding carboxylic acids is 1. The molecule has 1 aliphatic heterocycles. The van der Waals surface area contributed by atoms with Crippen LogP contribution in [0.15, 0.2) is 0 Å². The van der Waals surface area contributed by atoms with E-state index in [0.717, 1.165) is 19.5 Å². The second kappa shape index (κ2) is 4.78. The van der Waals surface area contributed by atoms with Crippen molar-refractivity contribution in [1.82, 2.24) is 10.2 Å². The van der Waals surface area contributed by atoms with Gasteiger partial charge < -0.3 is 10.2 Å². The fourth-order valence-corrected chi connectivity index (χ4v) is 1.89. The van der Waals surface area contributed by atoms with Crippen LogP contribution in [0.5, 0.6) is 0 Å². The lowest BCUT2D eigenvalue weighted by Gasteiger charge is -2.27. The van der Waals surface area contributed by atoms with Crippen LogP contribution in [-0.2, 0) is 4.79 Å². The summed E-state index contributed by atoms with van der Waals surface area (Å²) in [5.74, 6) is 0.972. The summed E-state index contributed by atoms with van der Waals surface area (Å²) in [6.07, 6.45) is 1.02. The normalized spacial score (nSPS) is 28.9. The summed E-state index contributed by atoms with van der Waals surface area (Å²) in [4.78, 5) is 13.9. The number of rotatable bonds is 3. The molecule has 14 heavy (non-hydrogen) atoms. The summed E-state index contributed by atoms with van der Waals surface area (Å²) in [6, 6.07) is 0.357. The summed E-state index contributed by atoms with van der Waals surface area (Å²) < 4.78 is 0. The predicted octanol–water partition coefficient (Wildman–Crippen LogP) is 1.10. The number of amides is 1. The van der Waals surface area contributed by atoms with Gasteiger partial charge in [0, 0.05) is 19.6 Å². The summed E-state index contributed by atoms with van der Waals surface area (Å²) in [7, 11) is 1.92. The van der Waals surface area contributed by atoms with Crippen LogP contribution in [-0.4, -0.2) is 37.0 Å². The van der Waals surface area contributed by atoms with Crippen molar-refractivity contribution >= 4 is 5.91 Å². The van der Waals surface area contributed by atoms with Crippen LogP contribution in [0.25, 0.3) is 0 Å². The molecule has 3 unspecified atom stereocenters. The van der Waals surface area contributed by atoms with Crippen molar-refractivity contribution in [1.29, 1.82) is 0 Å². The molecule has 1 N–H and O–H groups in total. The molecule has 82 valence electrons. The van der Waals surface area contributed by atoms with Crippen LogP contribution in [0, 0.1) is 11.8 Å². The van der Waals surface area contributed by atoms with Gasteiger partial charge in [-0.1, -0.05) is 13.8 Å². The third kappa shape index (κ3) is 2.27. The minimum Gasteiger partial charge on any atom is -0.343 e. The highest BCUT2D eigenvalue weighted by Gasteiger charge is 2.32. The Morgan fingerprint density at radius 3 is 2.64 bits per heavy atom. The van der Waals surface area contributed by atoms with Crippen molar-refractivity contribution in [2.24, 2.45) is 11.8 Å². The summed E-state index contributed by atoms with van der Waals surface area (Å²) in [5, 5.41) is 3.27. The Morgan fingerprint density at radius 1 is 1.57 bits per heavy atom. The smallest absolute Gasteiger partial charge is 0.227 e. The number of carbonyl (C=O) groups is 1. The Bertz CT molecular complexity index is 205. The van der Waals surface area contributed by atoms with Crippen molar-refractivity contribution in [2.45, 2.75) is 33.2 Å². The van der Waals surface area contributed by atoms with E-state index in [2.05, 4.69) is 26.1 Å². The highest BCUT2D eigenvalue weighted by molar-refractivity contribution is 5.79. The maximum Gasteiger partial charge on any atom is 0.227 e. The predicted molar refractivity (Wildman–Crippen MR) is 58.0 cm³/mol. The zero-order chi connectivity index (χ0) is 10.7. The molecule has 3 atom stereocenters. The number of nitrogens with zero attached hydrogens (tertiary/aromatic N) is 1. The minimum absolute atomic E-state index is 0.189. The Labute approximate surface area is 86.9 Å². The molecule has 0 aliphatic carbocycles. The molecule has 1 amide bonds. The standard InChI is InChI=1S/C11H22N2O/c1-5-9(3)13(4)11(14)10-7-12-6-8(10)2/h8-10,12H,5-7H2,1-4H3. The van der Waals surface area contributed by atoms with Crippen molar-refractivity contribution < 1.29 is 4.79 Å². The van der Waals surface area contributed by atoms with E-state index in [9.17, 15) is 4.79 Å². The minimum atomic E-state index is 0.189. The Kier molecular flexibility index (Phi) is 3.93. The van der Waals surface area contributed by atoms with E-state index in [-0.39, 0.29) is 5.92 Å². The molecular formula is C11H22N2O. The zero-order valence-corrected chi connectivity index (χ0v) is 9.71. The highest BCUT2D eigenvalue weighted by Crippen LogP contribution is 2.19. The first-order chi connectivity index (χ1) is 6.57. The monoisotopic (exact) mass is 198 g/mol. The van der Waals surface area contributed by atoms with Crippen molar-refractivity contribution in [3.05, 3.63) is 0 Å². The fraction of sp³-hybridized carbons (Fsp3) is 0.909.